The van der Waals surface area contributed by atoms with Crippen molar-refractivity contribution in [1.29, 1.82) is 0 Å². The molecule has 0 fully saturated rings. The first-order valence-electron chi connectivity index (χ1n) is 6.33. The number of phenols is 1. The quantitative estimate of drug-likeness (QED) is 0.871. The molecule has 1 aliphatic rings. The van der Waals surface area contributed by atoms with Crippen LogP contribution < -0.4 is 4.74 Å². The molecular weight excluding hydrogens is 246 g/mol. The van der Waals surface area contributed by atoms with E-state index < -0.39 is 11.5 Å². The number of benzene rings is 1. The second-order valence-corrected chi connectivity index (χ2v) is 5.20. The summed E-state index contributed by atoms with van der Waals surface area (Å²) >= 11 is 0. The van der Waals surface area contributed by atoms with E-state index in [0.29, 0.717) is 18.9 Å². The molecule has 0 aromatic heterocycles. The van der Waals surface area contributed by atoms with Crippen molar-refractivity contribution in [2.24, 2.45) is 0 Å². The van der Waals surface area contributed by atoms with E-state index in [0.717, 1.165) is 5.56 Å². The summed E-state index contributed by atoms with van der Waals surface area (Å²) in [4.78, 5) is 13.3. The SMILES string of the molecule is CCN(C1COc2cc(O)ccc21)C(C)(C)C(=O)O. The first-order valence-corrected chi connectivity index (χ1v) is 6.33. The van der Waals surface area contributed by atoms with Crippen LogP contribution in [0.25, 0.3) is 0 Å². The van der Waals surface area contributed by atoms with Crippen LogP contribution in [-0.2, 0) is 4.79 Å². The number of ether oxygens (including phenoxy) is 1. The van der Waals surface area contributed by atoms with Crippen molar-refractivity contribution in [3.8, 4) is 11.5 Å². The van der Waals surface area contributed by atoms with Crippen LogP contribution in [0.15, 0.2) is 18.2 Å². The number of carboxylic acid groups (broad SMARTS) is 1. The van der Waals surface area contributed by atoms with Crippen molar-refractivity contribution in [3.63, 3.8) is 0 Å². The van der Waals surface area contributed by atoms with E-state index in [1.807, 2.05) is 11.8 Å². The van der Waals surface area contributed by atoms with Gasteiger partial charge in [0.1, 0.15) is 23.6 Å². The Balaban J connectivity index is 2.36. The molecule has 1 aromatic rings. The smallest absolute Gasteiger partial charge is 0.323 e. The number of hydrogen-bond acceptors (Lipinski definition) is 4. The maximum absolute atomic E-state index is 11.4. The molecule has 0 saturated heterocycles. The zero-order valence-electron chi connectivity index (χ0n) is 11.4. The summed E-state index contributed by atoms with van der Waals surface area (Å²) in [6.07, 6.45) is 0. The lowest BCUT2D eigenvalue weighted by Gasteiger charge is -2.38. The van der Waals surface area contributed by atoms with Gasteiger partial charge in [-0.2, -0.15) is 0 Å². The van der Waals surface area contributed by atoms with Crippen LogP contribution in [-0.4, -0.2) is 39.8 Å². The maximum Gasteiger partial charge on any atom is 0.323 e. The van der Waals surface area contributed by atoms with Crippen LogP contribution in [0.4, 0.5) is 0 Å². The average molecular weight is 265 g/mol. The molecule has 2 N–H and O–H groups in total. The number of nitrogens with zero attached hydrogens (tertiary/aromatic N) is 1. The molecule has 0 amide bonds. The minimum atomic E-state index is -0.970. The third-order valence-corrected chi connectivity index (χ3v) is 3.71. The molecule has 1 atom stereocenters. The van der Waals surface area contributed by atoms with Crippen LogP contribution in [0.3, 0.4) is 0 Å². The van der Waals surface area contributed by atoms with Crippen molar-refractivity contribution in [1.82, 2.24) is 4.90 Å². The fraction of sp³-hybridized carbons (Fsp3) is 0.500. The van der Waals surface area contributed by atoms with Crippen LogP contribution >= 0.6 is 0 Å². The van der Waals surface area contributed by atoms with Gasteiger partial charge in [0.2, 0.25) is 0 Å². The lowest BCUT2D eigenvalue weighted by Crippen LogP contribution is -2.51. The summed E-state index contributed by atoms with van der Waals surface area (Å²) in [5.41, 5.74) is -0.0450. The number of carboxylic acids is 1. The Kier molecular flexibility index (Phi) is 3.41. The number of carbonyl (C=O) groups is 1. The van der Waals surface area contributed by atoms with Crippen LogP contribution in [0.5, 0.6) is 11.5 Å². The van der Waals surface area contributed by atoms with E-state index in [-0.39, 0.29) is 11.8 Å². The van der Waals surface area contributed by atoms with Gasteiger partial charge in [-0.3, -0.25) is 9.69 Å². The third-order valence-electron chi connectivity index (χ3n) is 3.71. The van der Waals surface area contributed by atoms with Crippen molar-refractivity contribution >= 4 is 5.97 Å². The molecule has 0 bridgehead atoms. The Bertz CT molecular complexity index is 498. The Labute approximate surface area is 112 Å². The second-order valence-electron chi connectivity index (χ2n) is 5.20. The summed E-state index contributed by atoms with van der Waals surface area (Å²) in [5, 5.41) is 18.8. The Hall–Kier alpha value is -1.75. The summed E-state index contributed by atoms with van der Waals surface area (Å²) in [6, 6.07) is 4.86. The fourth-order valence-corrected chi connectivity index (χ4v) is 2.57. The van der Waals surface area contributed by atoms with Crippen molar-refractivity contribution in [2.75, 3.05) is 13.2 Å². The minimum absolute atomic E-state index is 0.105. The minimum Gasteiger partial charge on any atom is -0.508 e. The summed E-state index contributed by atoms with van der Waals surface area (Å²) in [5.74, 6) is -0.0776. The van der Waals surface area contributed by atoms with Gasteiger partial charge in [0.25, 0.3) is 0 Å². The molecule has 1 heterocycles. The van der Waals surface area contributed by atoms with E-state index in [1.165, 1.54) is 0 Å². The summed E-state index contributed by atoms with van der Waals surface area (Å²) in [7, 11) is 0. The first-order chi connectivity index (χ1) is 8.87. The van der Waals surface area contributed by atoms with Gasteiger partial charge in [-0.15, -0.1) is 0 Å². The number of fused-ring (bicyclic) bond motifs is 1. The summed E-state index contributed by atoms with van der Waals surface area (Å²) in [6.45, 7) is 6.33. The topological polar surface area (TPSA) is 70.0 Å². The maximum atomic E-state index is 11.4. The van der Waals surface area contributed by atoms with E-state index in [4.69, 9.17) is 4.74 Å². The molecular formula is C14H19NO4. The van der Waals surface area contributed by atoms with E-state index in [9.17, 15) is 15.0 Å². The lowest BCUT2D eigenvalue weighted by atomic mass is 9.97. The fourth-order valence-electron chi connectivity index (χ4n) is 2.57. The van der Waals surface area contributed by atoms with Crippen molar-refractivity contribution in [3.05, 3.63) is 23.8 Å². The molecule has 1 unspecified atom stereocenters. The molecule has 5 heteroatoms. The van der Waals surface area contributed by atoms with Gasteiger partial charge in [0.05, 0.1) is 6.04 Å². The molecule has 2 rings (SSSR count). The highest BCUT2D eigenvalue weighted by Crippen LogP contribution is 2.40. The van der Waals surface area contributed by atoms with Crippen molar-refractivity contribution in [2.45, 2.75) is 32.4 Å². The molecule has 0 saturated carbocycles. The summed E-state index contributed by atoms with van der Waals surface area (Å²) < 4.78 is 5.56. The zero-order chi connectivity index (χ0) is 14.2. The number of phenolic OH excluding ortho intramolecular Hbond substituents is 1. The highest BCUT2D eigenvalue weighted by Gasteiger charge is 2.41. The van der Waals surface area contributed by atoms with E-state index >= 15 is 0 Å². The monoisotopic (exact) mass is 265 g/mol. The predicted molar refractivity (Wildman–Crippen MR) is 70.4 cm³/mol. The van der Waals surface area contributed by atoms with Crippen LogP contribution in [0.2, 0.25) is 0 Å². The van der Waals surface area contributed by atoms with Gasteiger partial charge in [0, 0.05) is 11.6 Å². The normalized spacial score (nSPS) is 18.2. The highest BCUT2D eigenvalue weighted by molar-refractivity contribution is 5.77. The number of aromatic hydroxyl groups is 1. The molecule has 1 aromatic carbocycles. The Morgan fingerprint density at radius 2 is 2.21 bits per heavy atom. The number of likely N-dealkylation sites (N-methyl/N-ethyl adjacent to an activating group) is 1. The van der Waals surface area contributed by atoms with E-state index in [2.05, 4.69) is 0 Å². The molecule has 0 aliphatic carbocycles. The molecule has 104 valence electrons. The van der Waals surface area contributed by atoms with Crippen molar-refractivity contribution < 1.29 is 19.7 Å². The Morgan fingerprint density at radius 3 is 2.79 bits per heavy atom. The first kappa shape index (κ1) is 13.7. The molecule has 5 nitrogen and oxygen atoms in total. The average Bonchev–Trinajstić information content (AvgIpc) is 2.72. The molecule has 0 radical (unpaired) electrons. The molecule has 19 heavy (non-hydrogen) atoms. The van der Waals surface area contributed by atoms with Gasteiger partial charge in [0.15, 0.2) is 0 Å². The number of rotatable bonds is 4. The zero-order valence-corrected chi connectivity index (χ0v) is 11.4. The number of hydrogen-bond donors (Lipinski definition) is 2. The van der Waals surface area contributed by atoms with Gasteiger partial charge in [-0.1, -0.05) is 6.92 Å². The highest BCUT2D eigenvalue weighted by atomic mass is 16.5. The van der Waals surface area contributed by atoms with Gasteiger partial charge < -0.3 is 14.9 Å². The lowest BCUT2D eigenvalue weighted by molar-refractivity contribution is -0.151. The predicted octanol–water partition coefficient (Wildman–Crippen LogP) is 2.01. The third kappa shape index (κ3) is 2.26. The largest absolute Gasteiger partial charge is 0.508 e. The molecule has 0 spiro atoms. The number of aliphatic carboxylic acids is 1. The van der Waals surface area contributed by atoms with Crippen LogP contribution in [0, 0.1) is 0 Å². The van der Waals surface area contributed by atoms with Gasteiger partial charge in [-0.05, 0) is 32.5 Å². The standard InChI is InChI=1S/C14H19NO4/c1-4-15(14(2,3)13(17)18)11-8-19-12-7-9(16)5-6-10(11)12/h5-7,11,16H,4,8H2,1-3H3,(H,17,18). The molecule has 1 aliphatic heterocycles. The van der Waals surface area contributed by atoms with Gasteiger partial charge in [-0.25, -0.2) is 0 Å². The van der Waals surface area contributed by atoms with Crippen LogP contribution in [0.1, 0.15) is 32.4 Å². The second kappa shape index (κ2) is 4.74. The van der Waals surface area contributed by atoms with E-state index in [1.54, 1.807) is 32.0 Å². The Morgan fingerprint density at radius 1 is 1.53 bits per heavy atom. The van der Waals surface area contributed by atoms with Gasteiger partial charge >= 0.3 is 5.97 Å².